The first-order valence-electron chi connectivity index (χ1n) is 30.3. The number of halogens is 9. The Morgan fingerprint density at radius 3 is 1.17 bits per heavy atom. The third-order valence-electron chi connectivity index (χ3n) is 15.3. The molecule has 17 nitrogen and oxygen atoms in total. The van der Waals surface area contributed by atoms with Gasteiger partial charge in [-0.25, -0.2) is 0 Å². The van der Waals surface area contributed by atoms with Gasteiger partial charge < -0.3 is 50.2 Å². The fourth-order valence-corrected chi connectivity index (χ4v) is 10.5. The number of hydrogen-bond acceptors (Lipinski definition) is 12. The molecule has 0 saturated heterocycles. The molecule has 12 aromatic rings. The Hall–Kier alpha value is -12.2. The number of hydrogen-bond donors (Lipinski definition) is 4. The van der Waals surface area contributed by atoms with Crippen LogP contribution in [0.15, 0.2) is 238 Å². The second-order valence-electron chi connectivity index (χ2n) is 22.0. The molecule has 4 N–H and O–H groups in total. The summed E-state index contributed by atoms with van der Waals surface area (Å²) in [5.74, 6) is -1.77. The number of Topliss-reactive ketones (excluding diaryl/α,β-unsaturated/α-hetero) is 2. The van der Waals surface area contributed by atoms with Gasteiger partial charge in [-0.3, -0.25) is 19.2 Å². The van der Waals surface area contributed by atoms with E-state index in [1.165, 1.54) is 24.4 Å². The van der Waals surface area contributed by atoms with E-state index in [1.54, 1.807) is 131 Å². The zero-order valence-corrected chi connectivity index (χ0v) is 56.3. The summed E-state index contributed by atoms with van der Waals surface area (Å²) in [6, 6.07) is 58.0. The van der Waals surface area contributed by atoms with Crippen LogP contribution in [0, 0.1) is 34.0 Å². The predicted molar refractivity (Wildman–Crippen MR) is 363 cm³/mol. The molecule has 0 unspecified atom stereocenters. The molecule has 0 fully saturated rings. The smallest absolute Gasteiger partial charge is 1.00 e. The number of alkyl halides is 9. The molecule has 2 amide bonds. The number of aromatic nitrogens is 3. The maximum Gasteiger partial charge on any atom is 1.00 e. The fourth-order valence-electron chi connectivity index (χ4n) is 10.5. The monoisotopic (exact) mass is 1430 g/mol. The Labute approximate surface area is 611 Å². The molecule has 3 heterocycles. The van der Waals surface area contributed by atoms with Gasteiger partial charge in [-0.05, 0) is 157 Å². The number of rotatable bonds is 18. The molecule has 9 aromatic carbocycles. The minimum Gasteiger partial charge on any atom is -1.00 e. The molecule has 517 valence electrons. The fraction of sp³-hybridized carbons (Fsp3) is 0.0921. The van der Waals surface area contributed by atoms with E-state index in [0.29, 0.717) is 50.4 Å². The summed E-state index contributed by atoms with van der Waals surface area (Å²) < 4.78 is 139. The number of nitrogens with zero attached hydrogens (tertiary/aromatic N) is 6. The van der Waals surface area contributed by atoms with Gasteiger partial charge in [-0.15, -0.1) is 6.58 Å². The Morgan fingerprint density at radius 1 is 0.481 bits per heavy atom. The minimum atomic E-state index is -4.66. The SMILES string of the molecule is C=CCNC(=O)C(=O)c1cn(-c2ccc(Oc3ccc(C(F)(F)F)c(C#N)c3)cc2)c2ccccc12.N#Cc1cc(Oc2ccc(-n3cc(C(=O)C(=O)NC[C@H](O)CO)c4ccccc43)cc2)ccc1C(F)(F)F.N#Cc1cc(Oc2ccc(-n3ccc4ccccc43)cc2)ccc1C(F)(F)F.[B].[H-].[Na+]. The second kappa shape index (κ2) is 33.5. The maximum atomic E-state index is 13.0. The number of ketones is 2. The number of aliphatic hydroxyl groups is 2. The van der Waals surface area contributed by atoms with Crippen LogP contribution in [0.25, 0.3) is 49.8 Å². The average molecular weight is 1430 g/mol. The van der Waals surface area contributed by atoms with Crippen molar-refractivity contribution < 1.29 is 114 Å². The van der Waals surface area contributed by atoms with E-state index in [0.717, 1.165) is 65.1 Å². The van der Waals surface area contributed by atoms with E-state index in [-0.39, 0.29) is 80.9 Å². The molecule has 0 aliphatic rings. The Kier molecular flexibility index (Phi) is 25.0. The number of ether oxygens (including phenoxy) is 3. The van der Waals surface area contributed by atoms with Gasteiger partial charge in [-0.2, -0.15) is 55.3 Å². The number of carbonyl (C=O) groups is 4. The van der Waals surface area contributed by atoms with Crippen LogP contribution in [0.3, 0.4) is 0 Å². The van der Waals surface area contributed by atoms with Crippen molar-refractivity contribution in [1.29, 1.82) is 15.8 Å². The number of carbonyl (C=O) groups excluding carboxylic acids is 4. The maximum absolute atomic E-state index is 13.0. The number of aliphatic hydroxyl groups excluding tert-OH is 2. The molecule has 0 spiro atoms. The molecule has 1 atom stereocenters. The van der Waals surface area contributed by atoms with Gasteiger partial charge in [-0.1, -0.05) is 60.7 Å². The summed E-state index contributed by atoms with van der Waals surface area (Å²) in [5.41, 5.74) is 0.342. The molecule has 3 radical (unpaired) electrons. The van der Waals surface area contributed by atoms with E-state index in [9.17, 15) is 63.8 Å². The van der Waals surface area contributed by atoms with E-state index >= 15 is 0 Å². The summed E-state index contributed by atoms with van der Waals surface area (Å²) in [6.45, 7) is 2.83. The van der Waals surface area contributed by atoms with Gasteiger partial charge in [0.15, 0.2) is 0 Å². The quantitative estimate of drug-likeness (QED) is 0.0206. The molecule has 28 heteroatoms. The van der Waals surface area contributed by atoms with Crippen molar-refractivity contribution in [3.63, 3.8) is 0 Å². The first kappa shape index (κ1) is 77.6. The number of para-hydroxylation sites is 3. The standard InChI is InChI=1S/C27H20F3N3O5.C27H18F3N3O3.C22H13F3N2O.B.Na.H/c28-27(29,30)23-10-9-20(11-16(23)12-31)38-19-7-5-17(6-8-19)33-14-22(21-3-1-2-4-24(21)33)25(36)26(37)32-13-18(35)15-34;1-2-13-32-26(35)25(34)22-16-33(24-6-4-3-5-21(22)24)18-7-9-19(10-8-18)36-20-11-12-23(27(28,29)30)17(14-20)15-31;23-22(24,25)20-10-9-19(13-16(20)14-26)28-18-7-5-17(6-8-18)27-12-11-15-3-1-2-4-21(15)27;;;/h1-11,14,18,34-35H,13,15H2,(H,32,37);2-12,14,16H,1,13H2,(H,32,35);1-13H;;;/q;;;;+1;-1/t18-;;;;;/m0...../s1. The van der Waals surface area contributed by atoms with Crippen molar-refractivity contribution in [3.05, 3.63) is 282 Å². The average Bonchev–Trinajstić information content (AvgIpc) is 1.64. The zero-order chi connectivity index (χ0) is 73.0. The van der Waals surface area contributed by atoms with Gasteiger partial charge in [0.2, 0.25) is 0 Å². The van der Waals surface area contributed by atoms with Crippen molar-refractivity contribution in [2.24, 2.45) is 0 Å². The molecule has 104 heavy (non-hydrogen) atoms. The second-order valence-corrected chi connectivity index (χ2v) is 22.0. The minimum absolute atomic E-state index is 0. The van der Waals surface area contributed by atoms with Gasteiger partial charge in [0.25, 0.3) is 23.4 Å². The molecule has 3 aromatic heterocycles. The van der Waals surface area contributed by atoms with Crippen molar-refractivity contribution in [2.75, 3.05) is 19.7 Å². The molecule has 0 aliphatic carbocycles. The van der Waals surface area contributed by atoms with Crippen LogP contribution >= 0.6 is 0 Å². The van der Waals surface area contributed by atoms with Crippen LogP contribution in [0.5, 0.6) is 34.5 Å². The van der Waals surface area contributed by atoms with Crippen molar-refractivity contribution >= 4 is 64.5 Å². The van der Waals surface area contributed by atoms with Crippen molar-refractivity contribution in [3.8, 4) is 69.8 Å². The van der Waals surface area contributed by atoms with E-state index < -0.39 is 88.0 Å². The van der Waals surface area contributed by atoms with Crippen LogP contribution in [0.2, 0.25) is 0 Å². The molecule has 0 saturated carbocycles. The van der Waals surface area contributed by atoms with Crippen LogP contribution in [0.1, 0.15) is 55.5 Å². The number of fused-ring (bicyclic) bond motifs is 3. The number of nitriles is 3. The summed E-state index contributed by atoms with van der Waals surface area (Å²) >= 11 is 0. The van der Waals surface area contributed by atoms with Crippen molar-refractivity contribution in [1.82, 2.24) is 24.3 Å². The van der Waals surface area contributed by atoms with E-state index in [2.05, 4.69) is 17.2 Å². The van der Waals surface area contributed by atoms with Crippen molar-refractivity contribution in [2.45, 2.75) is 24.6 Å². The number of amides is 2. The Morgan fingerprint density at radius 2 is 0.817 bits per heavy atom. The van der Waals surface area contributed by atoms with Crippen LogP contribution in [-0.2, 0) is 28.1 Å². The molecule has 12 rings (SSSR count). The molecule has 0 aliphatic heterocycles. The zero-order valence-electron chi connectivity index (χ0n) is 55.3. The van der Waals surface area contributed by atoms with Crippen LogP contribution in [-0.4, -0.2) is 81.5 Å². The van der Waals surface area contributed by atoms with E-state index in [4.69, 9.17) is 35.1 Å². The normalized spacial score (nSPS) is 11.3. The van der Waals surface area contributed by atoms with Gasteiger partial charge in [0, 0.05) is 67.9 Å². The topological polar surface area (TPSA) is 247 Å². The summed E-state index contributed by atoms with van der Waals surface area (Å²) in [4.78, 5) is 50.1. The summed E-state index contributed by atoms with van der Waals surface area (Å²) in [5, 5.41) is 52.5. The predicted octanol–water partition coefficient (Wildman–Crippen LogP) is 12.8. The summed E-state index contributed by atoms with van der Waals surface area (Å²) in [7, 11) is 0. The molecular formula is C76H52BF9N8NaO9. The first-order valence-corrected chi connectivity index (χ1v) is 30.3. The number of benzene rings is 9. The Balaban J connectivity index is 0.000000219. The molecular weight excluding hydrogens is 1370 g/mol. The molecule has 0 bridgehead atoms. The van der Waals surface area contributed by atoms with Gasteiger partial charge >= 0.3 is 48.1 Å². The number of nitrogens with one attached hydrogen (secondary N) is 2. The largest absolute Gasteiger partial charge is 1.00 e. The van der Waals surface area contributed by atoms with E-state index in [1.807, 2.05) is 59.3 Å². The summed E-state index contributed by atoms with van der Waals surface area (Å²) in [6.07, 6.45) is -8.55. The van der Waals surface area contributed by atoms with Gasteiger partial charge in [0.1, 0.15) is 34.5 Å². The third kappa shape index (κ3) is 18.1. The van der Waals surface area contributed by atoms with Gasteiger partial charge in [0.05, 0.1) is 92.0 Å². The third-order valence-corrected chi connectivity index (χ3v) is 15.3. The van der Waals surface area contributed by atoms with Crippen LogP contribution < -0.4 is 54.4 Å². The Bertz CT molecular complexity index is 5300. The first-order chi connectivity index (χ1) is 48.8. The van der Waals surface area contributed by atoms with Crippen LogP contribution in [0.4, 0.5) is 39.5 Å².